The van der Waals surface area contributed by atoms with E-state index in [2.05, 4.69) is 10.3 Å². The zero-order valence-corrected chi connectivity index (χ0v) is 20.8. The Morgan fingerprint density at radius 1 is 1.06 bits per heavy atom. The van der Waals surface area contributed by atoms with Gasteiger partial charge in [0.2, 0.25) is 5.91 Å². The summed E-state index contributed by atoms with van der Waals surface area (Å²) in [6, 6.07) is 11.4. The first kappa shape index (κ1) is 23.0. The Morgan fingerprint density at radius 3 is 2.56 bits per heavy atom. The summed E-state index contributed by atoms with van der Waals surface area (Å²) in [6.07, 6.45) is 1.64. The number of methoxy groups -OCH3 is 1. The van der Waals surface area contributed by atoms with E-state index in [0.29, 0.717) is 24.5 Å². The first-order valence-electron chi connectivity index (χ1n) is 11.6. The molecule has 178 valence electrons. The third kappa shape index (κ3) is 4.87. The van der Waals surface area contributed by atoms with Gasteiger partial charge in [-0.25, -0.2) is 4.98 Å². The van der Waals surface area contributed by atoms with Crippen LogP contribution >= 0.6 is 22.7 Å². The Balaban J connectivity index is 1.15. The standard InChI is InChI=1S/C25H28N4O3S2/c1-32-20-8-6-18(7-9-20)23-26-19(17-34-23)16-27-11-13-28(14-12-27)24(30)21-4-2-10-29(21)25(31)22-5-3-15-33-22/h3,5-9,15,17,21H,2,4,10-14,16H2,1H3. The molecule has 2 amide bonds. The number of likely N-dealkylation sites (tertiary alicyclic amines) is 1. The van der Waals surface area contributed by atoms with Gasteiger partial charge in [0.05, 0.1) is 17.7 Å². The van der Waals surface area contributed by atoms with Crippen molar-refractivity contribution in [2.75, 3.05) is 39.8 Å². The molecule has 0 radical (unpaired) electrons. The van der Waals surface area contributed by atoms with Crippen LogP contribution in [0.2, 0.25) is 0 Å². The van der Waals surface area contributed by atoms with E-state index in [1.165, 1.54) is 11.3 Å². The van der Waals surface area contributed by atoms with Gasteiger partial charge < -0.3 is 14.5 Å². The molecule has 34 heavy (non-hydrogen) atoms. The lowest BCUT2D eigenvalue weighted by Gasteiger charge is -2.37. The first-order valence-corrected chi connectivity index (χ1v) is 13.3. The lowest BCUT2D eigenvalue weighted by molar-refractivity contribution is -0.137. The molecule has 2 aliphatic heterocycles. The summed E-state index contributed by atoms with van der Waals surface area (Å²) in [5.41, 5.74) is 2.14. The molecule has 3 aromatic rings. The Hall–Kier alpha value is -2.75. The van der Waals surface area contributed by atoms with Crippen LogP contribution in [-0.2, 0) is 11.3 Å². The van der Waals surface area contributed by atoms with Gasteiger partial charge in [0.1, 0.15) is 16.8 Å². The van der Waals surface area contributed by atoms with Crippen LogP contribution in [-0.4, -0.2) is 77.4 Å². The summed E-state index contributed by atoms with van der Waals surface area (Å²) in [5, 5.41) is 5.02. The van der Waals surface area contributed by atoms with Gasteiger partial charge in [-0.15, -0.1) is 22.7 Å². The summed E-state index contributed by atoms with van der Waals surface area (Å²) < 4.78 is 5.23. The molecule has 1 atom stereocenters. The number of piperazine rings is 1. The number of amides is 2. The van der Waals surface area contributed by atoms with Gasteiger partial charge in [0.25, 0.3) is 5.91 Å². The highest BCUT2D eigenvalue weighted by Crippen LogP contribution is 2.27. The topological polar surface area (TPSA) is 66.0 Å². The fourth-order valence-electron chi connectivity index (χ4n) is 4.62. The summed E-state index contributed by atoms with van der Waals surface area (Å²) in [5.74, 6) is 0.919. The number of carbonyl (C=O) groups is 2. The van der Waals surface area contributed by atoms with Crippen LogP contribution in [0, 0.1) is 0 Å². The number of aromatic nitrogens is 1. The Morgan fingerprint density at radius 2 is 1.85 bits per heavy atom. The average molecular weight is 497 g/mol. The number of thiophene rings is 1. The number of hydrogen-bond acceptors (Lipinski definition) is 7. The van der Waals surface area contributed by atoms with Gasteiger partial charge in [0, 0.05) is 50.2 Å². The number of benzene rings is 1. The molecule has 0 spiro atoms. The van der Waals surface area contributed by atoms with Gasteiger partial charge in [-0.2, -0.15) is 0 Å². The van der Waals surface area contributed by atoms with Gasteiger partial charge in [-0.3, -0.25) is 14.5 Å². The summed E-state index contributed by atoms with van der Waals surface area (Å²) in [7, 11) is 1.66. The molecular weight excluding hydrogens is 468 g/mol. The van der Waals surface area contributed by atoms with Crippen LogP contribution < -0.4 is 4.74 Å². The van der Waals surface area contributed by atoms with E-state index in [9.17, 15) is 9.59 Å². The zero-order valence-electron chi connectivity index (χ0n) is 19.2. The summed E-state index contributed by atoms with van der Waals surface area (Å²) >= 11 is 3.09. The molecule has 5 rings (SSSR count). The van der Waals surface area contributed by atoms with Crippen molar-refractivity contribution < 1.29 is 14.3 Å². The number of rotatable bonds is 6. The van der Waals surface area contributed by atoms with Crippen molar-refractivity contribution in [1.29, 1.82) is 0 Å². The number of hydrogen-bond donors (Lipinski definition) is 0. The first-order chi connectivity index (χ1) is 16.6. The van der Waals surface area contributed by atoms with Crippen LogP contribution in [0.5, 0.6) is 5.75 Å². The number of ether oxygens (including phenoxy) is 1. The fraction of sp³-hybridized carbons (Fsp3) is 0.400. The van der Waals surface area contributed by atoms with Crippen LogP contribution in [0.3, 0.4) is 0 Å². The van der Waals surface area contributed by atoms with Crippen LogP contribution in [0.25, 0.3) is 10.6 Å². The second kappa shape index (κ2) is 10.2. The smallest absolute Gasteiger partial charge is 0.264 e. The fourth-order valence-corrected chi connectivity index (χ4v) is 6.12. The SMILES string of the molecule is COc1ccc(-c2nc(CN3CCN(C(=O)C4CCCN4C(=O)c4cccs4)CC3)cs2)cc1. The number of thiazole rings is 1. The maximum atomic E-state index is 13.3. The summed E-state index contributed by atoms with van der Waals surface area (Å²) in [6.45, 7) is 4.44. The lowest BCUT2D eigenvalue weighted by Crippen LogP contribution is -2.54. The van der Waals surface area contributed by atoms with Gasteiger partial charge in [-0.1, -0.05) is 6.07 Å². The quantitative estimate of drug-likeness (QED) is 0.519. The highest BCUT2D eigenvalue weighted by molar-refractivity contribution is 7.13. The zero-order chi connectivity index (χ0) is 23.5. The van der Waals surface area contributed by atoms with Crippen molar-refractivity contribution in [2.45, 2.75) is 25.4 Å². The normalized spacial score (nSPS) is 18.9. The number of nitrogens with zero attached hydrogens (tertiary/aromatic N) is 4. The van der Waals surface area contributed by atoms with Crippen molar-refractivity contribution in [3.05, 3.63) is 57.7 Å². The lowest BCUT2D eigenvalue weighted by atomic mass is 10.1. The molecule has 0 bridgehead atoms. The number of carbonyl (C=O) groups excluding carboxylic acids is 2. The highest BCUT2D eigenvalue weighted by atomic mass is 32.1. The van der Waals surface area contributed by atoms with Crippen molar-refractivity contribution in [1.82, 2.24) is 19.7 Å². The minimum absolute atomic E-state index is 0.0133. The molecule has 1 unspecified atom stereocenters. The van der Waals surface area contributed by atoms with Crippen molar-refractivity contribution in [3.63, 3.8) is 0 Å². The second-order valence-electron chi connectivity index (χ2n) is 8.61. The van der Waals surface area contributed by atoms with Crippen molar-refractivity contribution in [3.8, 4) is 16.3 Å². The predicted molar refractivity (Wildman–Crippen MR) is 134 cm³/mol. The molecule has 4 heterocycles. The van der Waals surface area contributed by atoms with Crippen LogP contribution in [0.1, 0.15) is 28.2 Å². The van der Waals surface area contributed by atoms with Crippen molar-refractivity contribution >= 4 is 34.5 Å². The van der Waals surface area contributed by atoms with E-state index in [1.807, 2.05) is 46.7 Å². The van der Waals surface area contributed by atoms with Gasteiger partial charge in [0.15, 0.2) is 0 Å². The third-order valence-electron chi connectivity index (χ3n) is 6.49. The van der Waals surface area contributed by atoms with E-state index in [1.54, 1.807) is 23.3 Å². The molecule has 2 aromatic heterocycles. The average Bonchev–Trinajstić information content (AvgIpc) is 3.66. The monoisotopic (exact) mass is 496 g/mol. The third-order valence-corrected chi connectivity index (χ3v) is 8.29. The molecule has 2 saturated heterocycles. The van der Waals surface area contributed by atoms with Crippen molar-refractivity contribution in [2.24, 2.45) is 0 Å². The van der Waals surface area contributed by atoms with E-state index in [4.69, 9.17) is 9.72 Å². The molecular formula is C25H28N4O3S2. The van der Waals surface area contributed by atoms with E-state index < -0.39 is 0 Å². The molecule has 2 fully saturated rings. The predicted octanol–water partition coefficient (Wildman–Crippen LogP) is 3.83. The maximum absolute atomic E-state index is 13.3. The molecule has 9 heteroatoms. The Labute approximate surface area is 207 Å². The highest BCUT2D eigenvalue weighted by Gasteiger charge is 2.38. The molecule has 0 aliphatic carbocycles. The van der Waals surface area contributed by atoms with Gasteiger partial charge in [-0.05, 0) is 48.6 Å². The van der Waals surface area contributed by atoms with E-state index in [-0.39, 0.29) is 17.9 Å². The molecule has 2 aliphatic rings. The van der Waals surface area contributed by atoms with Crippen LogP contribution in [0.15, 0.2) is 47.2 Å². The van der Waals surface area contributed by atoms with E-state index >= 15 is 0 Å². The van der Waals surface area contributed by atoms with Crippen LogP contribution in [0.4, 0.5) is 0 Å². The minimum atomic E-state index is -0.327. The Bertz CT molecular complexity index is 1120. The Kier molecular flexibility index (Phi) is 6.94. The second-order valence-corrected chi connectivity index (χ2v) is 10.4. The molecule has 0 saturated carbocycles. The summed E-state index contributed by atoms with van der Waals surface area (Å²) in [4.78, 5) is 37.7. The minimum Gasteiger partial charge on any atom is -0.497 e. The largest absolute Gasteiger partial charge is 0.497 e. The molecule has 1 aromatic carbocycles. The maximum Gasteiger partial charge on any atom is 0.264 e. The van der Waals surface area contributed by atoms with E-state index in [0.717, 1.165) is 54.5 Å². The van der Waals surface area contributed by atoms with Gasteiger partial charge >= 0.3 is 0 Å². The molecule has 7 nitrogen and oxygen atoms in total. The molecule has 0 N–H and O–H groups in total.